The molecule has 2 aromatic rings. The molecule has 0 radical (unpaired) electrons. The maximum atomic E-state index is 6.54. The van der Waals surface area contributed by atoms with Gasteiger partial charge < -0.3 is 5.73 Å². The summed E-state index contributed by atoms with van der Waals surface area (Å²) in [6.07, 6.45) is 2.69. The van der Waals surface area contributed by atoms with Crippen LogP contribution in [-0.2, 0) is 12.0 Å². The Balaban J connectivity index is 2.40. The lowest BCUT2D eigenvalue weighted by Crippen LogP contribution is -2.35. The van der Waals surface area contributed by atoms with Crippen molar-refractivity contribution in [3.63, 3.8) is 0 Å². The van der Waals surface area contributed by atoms with E-state index in [-0.39, 0.29) is 11.5 Å². The van der Waals surface area contributed by atoms with Crippen LogP contribution in [0.25, 0.3) is 0 Å². The van der Waals surface area contributed by atoms with Gasteiger partial charge in [-0.3, -0.25) is 4.68 Å². The largest absolute Gasteiger partial charge is 0.322 e. The normalized spacial score (nSPS) is 13.4. The summed E-state index contributed by atoms with van der Waals surface area (Å²) >= 11 is 6.31. The first-order chi connectivity index (χ1) is 9.48. The molecule has 4 heteroatoms. The van der Waals surface area contributed by atoms with Crippen molar-refractivity contribution < 1.29 is 0 Å². The molecule has 20 heavy (non-hydrogen) atoms. The second-order valence-corrected chi connectivity index (χ2v) is 6.07. The van der Waals surface area contributed by atoms with E-state index in [1.165, 1.54) is 5.56 Å². The van der Waals surface area contributed by atoms with Gasteiger partial charge >= 0.3 is 0 Å². The molecule has 1 aromatic heterocycles. The van der Waals surface area contributed by atoms with Crippen LogP contribution in [0.5, 0.6) is 0 Å². The van der Waals surface area contributed by atoms with Gasteiger partial charge in [0, 0.05) is 12.0 Å². The Morgan fingerprint density at radius 1 is 1.30 bits per heavy atom. The predicted octanol–water partition coefficient (Wildman–Crippen LogP) is 3.92. The molecule has 0 saturated heterocycles. The fraction of sp³-hybridized carbons (Fsp3) is 0.438. The molecule has 3 nitrogen and oxygen atoms in total. The average Bonchev–Trinajstić information content (AvgIpc) is 2.80. The molecule has 1 unspecified atom stereocenters. The minimum Gasteiger partial charge on any atom is -0.322 e. The van der Waals surface area contributed by atoms with E-state index in [9.17, 15) is 0 Å². The first-order valence-corrected chi connectivity index (χ1v) is 7.38. The molecular weight excluding hydrogens is 270 g/mol. The number of aromatic nitrogens is 2. The van der Waals surface area contributed by atoms with Crippen LogP contribution in [0.15, 0.2) is 36.5 Å². The van der Waals surface area contributed by atoms with Gasteiger partial charge in [-0.15, -0.1) is 0 Å². The van der Waals surface area contributed by atoms with Crippen molar-refractivity contribution in [3.8, 4) is 0 Å². The Kier molecular flexibility index (Phi) is 4.51. The van der Waals surface area contributed by atoms with Crippen LogP contribution in [0.1, 0.15) is 44.5 Å². The van der Waals surface area contributed by atoms with E-state index in [0.29, 0.717) is 5.02 Å². The second kappa shape index (κ2) is 5.98. The van der Waals surface area contributed by atoms with Gasteiger partial charge in [0.2, 0.25) is 0 Å². The number of hydrogen-bond acceptors (Lipinski definition) is 2. The smallest absolute Gasteiger partial charge is 0.0834 e. The SMILES string of the molecule is CCCn1ncc(Cl)c1C(N)C(C)(C)c1ccccc1. The number of nitrogens with zero attached hydrogens (tertiary/aromatic N) is 2. The summed E-state index contributed by atoms with van der Waals surface area (Å²) in [7, 11) is 0. The van der Waals surface area contributed by atoms with E-state index in [1.54, 1.807) is 6.20 Å². The molecular formula is C16H22ClN3. The number of rotatable bonds is 5. The van der Waals surface area contributed by atoms with Crippen molar-refractivity contribution in [2.45, 2.75) is 45.2 Å². The summed E-state index contributed by atoms with van der Waals surface area (Å²) in [5.74, 6) is 0. The summed E-state index contributed by atoms with van der Waals surface area (Å²) in [6.45, 7) is 7.24. The van der Waals surface area contributed by atoms with Gasteiger partial charge in [0.15, 0.2) is 0 Å². The Bertz CT molecular complexity index is 560. The number of hydrogen-bond donors (Lipinski definition) is 1. The standard InChI is InChI=1S/C16H22ClN3/c1-4-10-20-14(13(17)11-19-20)15(18)16(2,3)12-8-6-5-7-9-12/h5-9,11,15H,4,10,18H2,1-3H3. The van der Waals surface area contributed by atoms with Crippen molar-refractivity contribution in [1.82, 2.24) is 9.78 Å². The lowest BCUT2D eigenvalue weighted by Gasteiger charge is -2.33. The first-order valence-electron chi connectivity index (χ1n) is 7.00. The third-order valence-electron chi connectivity index (χ3n) is 3.86. The minimum absolute atomic E-state index is 0.202. The Hall–Kier alpha value is -1.32. The molecule has 2 N–H and O–H groups in total. The molecule has 1 atom stereocenters. The molecule has 108 valence electrons. The van der Waals surface area contributed by atoms with Gasteiger partial charge in [-0.25, -0.2) is 0 Å². The van der Waals surface area contributed by atoms with Gasteiger partial charge in [-0.1, -0.05) is 62.7 Å². The van der Waals surface area contributed by atoms with E-state index >= 15 is 0 Å². The zero-order chi connectivity index (χ0) is 14.8. The number of aryl methyl sites for hydroxylation is 1. The number of halogens is 1. The third-order valence-corrected chi connectivity index (χ3v) is 4.15. The van der Waals surface area contributed by atoms with Gasteiger partial charge in [-0.05, 0) is 12.0 Å². The predicted molar refractivity (Wildman–Crippen MR) is 83.9 cm³/mol. The number of benzene rings is 1. The molecule has 1 heterocycles. The van der Waals surface area contributed by atoms with Crippen LogP contribution in [-0.4, -0.2) is 9.78 Å². The highest BCUT2D eigenvalue weighted by Crippen LogP contribution is 2.37. The molecule has 0 spiro atoms. The molecule has 1 aromatic carbocycles. The average molecular weight is 292 g/mol. The Morgan fingerprint density at radius 3 is 2.55 bits per heavy atom. The monoisotopic (exact) mass is 291 g/mol. The fourth-order valence-electron chi connectivity index (χ4n) is 2.46. The van der Waals surface area contributed by atoms with E-state index < -0.39 is 0 Å². The fourth-order valence-corrected chi connectivity index (χ4v) is 2.72. The van der Waals surface area contributed by atoms with E-state index in [1.807, 2.05) is 22.9 Å². The zero-order valence-electron chi connectivity index (χ0n) is 12.3. The molecule has 0 fully saturated rings. The van der Waals surface area contributed by atoms with Gasteiger partial charge in [0.1, 0.15) is 0 Å². The lowest BCUT2D eigenvalue weighted by molar-refractivity contribution is 0.391. The van der Waals surface area contributed by atoms with Crippen molar-refractivity contribution in [1.29, 1.82) is 0 Å². The summed E-state index contributed by atoms with van der Waals surface area (Å²) in [5, 5.41) is 4.99. The van der Waals surface area contributed by atoms with Crippen LogP contribution in [0.4, 0.5) is 0 Å². The summed E-state index contributed by atoms with van der Waals surface area (Å²) in [5.41, 5.74) is 8.44. The second-order valence-electron chi connectivity index (χ2n) is 5.67. The highest BCUT2D eigenvalue weighted by molar-refractivity contribution is 6.31. The molecule has 0 aliphatic heterocycles. The zero-order valence-corrected chi connectivity index (χ0v) is 13.1. The number of nitrogens with two attached hydrogens (primary N) is 1. The molecule has 0 saturated carbocycles. The van der Waals surface area contributed by atoms with Crippen molar-refractivity contribution >= 4 is 11.6 Å². The maximum Gasteiger partial charge on any atom is 0.0834 e. The van der Waals surface area contributed by atoms with Crippen molar-refractivity contribution in [3.05, 3.63) is 52.8 Å². The minimum atomic E-state index is -0.212. The molecule has 0 aliphatic rings. The maximum absolute atomic E-state index is 6.54. The summed E-state index contributed by atoms with van der Waals surface area (Å²) in [4.78, 5) is 0. The van der Waals surface area contributed by atoms with Crippen molar-refractivity contribution in [2.24, 2.45) is 5.73 Å². The first kappa shape index (κ1) is 15.1. The molecule has 0 amide bonds. The topological polar surface area (TPSA) is 43.8 Å². The van der Waals surface area contributed by atoms with Crippen LogP contribution in [0, 0.1) is 0 Å². The van der Waals surface area contributed by atoms with Crippen LogP contribution < -0.4 is 5.73 Å². The third kappa shape index (κ3) is 2.74. The molecule has 2 rings (SSSR count). The molecule has 0 aliphatic carbocycles. The Morgan fingerprint density at radius 2 is 1.95 bits per heavy atom. The summed E-state index contributed by atoms with van der Waals surface area (Å²) in [6, 6.07) is 10.1. The van der Waals surface area contributed by atoms with E-state index in [0.717, 1.165) is 18.7 Å². The van der Waals surface area contributed by atoms with Crippen molar-refractivity contribution in [2.75, 3.05) is 0 Å². The summed E-state index contributed by atoms with van der Waals surface area (Å²) < 4.78 is 1.93. The Labute approximate surface area is 125 Å². The van der Waals surface area contributed by atoms with E-state index in [2.05, 4.69) is 38.0 Å². The highest BCUT2D eigenvalue weighted by Gasteiger charge is 2.33. The van der Waals surface area contributed by atoms with Crippen LogP contribution >= 0.6 is 11.6 Å². The lowest BCUT2D eigenvalue weighted by atomic mass is 9.77. The highest BCUT2D eigenvalue weighted by atomic mass is 35.5. The van der Waals surface area contributed by atoms with Crippen LogP contribution in [0.2, 0.25) is 5.02 Å². The van der Waals surface area contributed by atoms with Gasteiger partial charge in [0.05, 0.1) is 23.0 Å². The quantitative estimate of drug-likeness (QED) is 0.907. The van der Waals surface area contributed by atoms with Crippen LogP contribution in [0.3, 0.4) is 0 Å². The van der Waals surface area contributed by atoms with Gasteiger partial charge in [0.25, 0.3) is 0 Å². The molecule has 0 bridgehead atoms. The van der Waals surface area contributed by atoms with E-state index in [4.69, 9.17) is 17.3 Å². The van der Waals surface area contributed by atoms with Gasteiger partial charge in [-0.2, -0.15) is 5.10 Å².